The number of hydrogen-bond donors (Lipinski definition) is 1. The number of carbonyl (C=O) groups is 2. The molecule has 1 heterocycles. The summed E-state index contributed by atoms with van der Waals surface area (Å²) in [6, 6.07) is 21.9. The number of hydrogen-bond acceptors (Lipinski definition) is 5. The molecule has 1 N–H and O–H groups in total. The van der Waals surface area contributed by atoms with Crippen LogP contribution in [0.1, 0.15) is 23.6 Å². The van der Waals surface area contributed by atoms with E-state index < -0.39 is 6.04 Å². The molecule has 0 aliphatic carbocycles. The molecule has 1 unspecified atom stereocenters. The number of fused-ring (bicyclic) bond motifs is 1. The maximum absolute atomic E-state index is 13.3. The van der Waals surface area contributed by atoms with Crippen molar-refractivity contribution in [3.63, 3.8) is 0 Å². The Kier molecular flexibility index (Phi) is 7.32. The topological polar surface area (TPSA) is 77.1 Å². The van der Waals surface area contributed by atoms with Gasteiger partial charge < -0.3 is 24.4 Å². The number of benzene rings is 3. The molecule has 0 spiro atoms. The molecule has 1 aliphatic rings. The van der Waals surface area contributed by atoms with Gasteiger partial charge in [-0.3, -0.25) is 9.59 Å². The molecule has 0 saturated heterocycles. The molecule has 0 radical (unpaired) electrons. The summed E-state index contributed by atoms with van der Waals surface area (Å²) >= 11 is 0. The van der Waals surface area contributed by atoms with Crippen LogP contribution in [0.3, 0.4) is 0 Å². The van der Waals surface area contributed by atoms with Gasteiger partial charge in [0.05, 0.1) is 13.5 Å². The third-order valence-electron chi connectivity index (χ3n) is 5.78. The fourth-order valence-corrected chi connectivity index (χ4v) is 3.77. The Morgan fingerprint density at radius 3 is 2.38 bits per heavy atom. The Morgan fingerprint density at radius 2 is 1.65 bits per heavy atom. The molecule has 3 aromatic carbocycles. The van der Waals surface area contributed by atoms with Gasteiger partial charge in [0.15, 0.2) is 11.5 Å². The first kappa shape index (κ1) is 23.2. The van der Waals surface area contributed by atoms with Crippen LogP contribution >= 0.6 is 0 Å². The number of nitrogens with one attached hydrogen (secondary N) is 1. The molecule has 34 heavy (non-hydrogen) atoms. The zero-order valence-corrected chi connectivity index (χ0v) is 19.3. The number of methoxy groups -OCH3 is 1. The summed E-state index contributed by atoms with van der Waals surface area (Å²) in [5, 5.41) is 2.94. The molecule has 0 saturated carbocycles. The van der Waals surface area contributed by atoms with E-state index >= 15 is 0 Å². The quantitative estimate of drug-likeness (QED) is 0.527. The van der Waals surface area contributed by atoms with Gasteiger partial charge in [-0.25, -0.2) is 0 Å². The second-order valence-corrected chi connectivity index (χ2v) is 8.11. The third-order valence-corrected chi connectivity index (χ3v) is 5.78. The Balaban J connectivity index is 1.46. The fraction of sp³-hybridized carbons (Fsp3) is 0.259. The van der Waals surface area contributed by atoms with E-state index in [2.05, 4.69) is 5.32 Å². The third kappa shape index (κ3) is 5.67. The summed E-state index contributed by atoms with van der Waals surface area (Å²) in [4.78, 5) is 28.0. The summed E-state index contributed by atoms with van der Waals surface area (Å²) in [6.07, 6.45) is 0.219. The predicted octanol–water partition coefficient (Wildman–Crippen LogP) is 3.70. The lowest BCUT2D eigenvalue weighted by Gasteiger charge is -2.29. The minimum Gasteiger partial charge on any atom is -0.497 e. The fourth-order valence-electron chi connectivity index (χ4n) is 3.77. The molecule has 0 bridgehead atoms. The highest BCUT2D eigenvalue weighted by Crippen LogP contribution is 2.32. The number of rotatable bonds is 9. The van der Waals surface area contributed by atoms with Crippen LogP contribution in [-0.2, 0) is 29.1 Å². The van der Waals surface area contributed by atoms with Crippen LogP contribution in [0.25, 0.3) is 0 Å². The van der Waals surface area contributed by atoms with Crippen molar-refractivity contribution < 1.29 is 23.8 Å². The van der Waals surface area contributed by atoms with Crippen molar-refractivity contribution in [1.29, 1.82) is 0 Å². The van der Waals surface area contributed by atoms with Gasteiger partial charge in [0.25, 0.3) is 0 Å². The smallest absolute Gasteiger partial charge is 0.242 e. The molecule has 7 nitrogen and oxygen atoms in total. The zero-order chi connectivity index (χ0) is 23.9. The van der Waals surface area contributed by atoms with E-state index in [1.807, 2.05) is 72.8 Å². The Labute approximate surface area is 199 Å². The first-order valence-corrected chi connectivity index (χ1v) is 11.2. The van der Waals surface area contributed by atoms with Gasteiger partial charge >= 0.3 is 0 Å². The van der Waals surface area contributed by atoms with Gasteiger partial charge in [-0.2, -0.15) is 0 Å². The van der Waals surface area contributed by atoms with Gasteiger partial charge in [-0.05, 0) is 47.9 Å². The van der Waals surface area contributed by atoms with E-state index in [9.17, 15) is 9.59 Å². The number of amides is 2. The van der Waals surface area contributed by atoms with Crippen molar-refractivity contribution in [2.24, 2.45) is 0 Å². The average molecular weight is 461 g/mol. The van der Waals surface area contributed by atoms with Gasteiger partial charge in [-0.1, -0.05) is 48.5 Å². The van der Waals surface area contributed by atoms with Crippen LogP contribution in [0.15, 0.2) is 72.8 Å². The van der Waals surface area contributed by atoms with Crippen molar-refractivity contribution in [2.45, 2.75) is 32.5 Å². The molecule has 2 amide bonds. The molecule has 176 valence electrons. The molecular weight excluding hydrogens is 432 g/mol. The van der Waals surface area contributed by atoms with Gasteiger partial charge in [0.1, 0.15) is 11.8 Å². The lowest BCUT2D eigenvalue weighted by molar-refractivity contribution is -0.140. The van der Waals surface area contributed by atoms with Gasteiger partial charge in [-0.15, -0.1) is 0 Å². The van der Waals surface area contributed by atoms with Crippen molar-refractivity contribution in [3.8, 4) is 17.2 Å². The van der Waals surface area contributed by atoms with Crippen molar-refractivity contribution in [3.05, 3.63) is 89.5 Å². The van der Waals surface area contributed by atoms with Gasteiger partial charge in [0, 0.05) is 13.1 Å². The van der Waals surface area contributed by atoms with Crippen LogP contribution in [-0.4, -0.2) is 36.7 Å². The van der Waals surface area contributed by atoms with E-state index in [4.69, 9.17) is 14.2 Å². The predicted molar refractivity (Wildman–Crippen MR) is 128 cm³/mol. The van der Waals surface area contributed by atoms with E-state index in [1.165, 1.54) is 0 Å². The Hall–Kier alpha value is -4.00. The van der Waals surface area contributed by atoms with Crippen LogP contribution in [0.2, 0.25) is 0 Å². The molecule has 0 fully saturated rings. The van der Waals surface area contributed by atoms with E-state index in [0.717, 1.165) is 22.4 Å². The largest absolute Gasteiger partial charge is 0.497 e. The lowest BCUT2D eigenvalue weighted by atomic mass is 10.1. The Morgan fingerprint density at radius 1 is 0.941 bits per heavy atom. The molecule has 1 atom stereocenters. The molecule has 3 aromatic rings. The second-order valence-electron chi connectivity index (χ2n) is 8.11. The maximum Gasteiger partial charge on any atom is 0.242 e. The van der Waals surface area contributed by atoms with E-state index in [-0.39, 0.29) is 25.0 Å². The highest BCUT2D eigenvalue weighted by atomic mass is 16.7. The second kappa shape index (κ2) is 10.7. The number of ether oxygens (including phenoxy) is 3. The molecular formula is C27H28N2O5. The van der Waals surface area contributed by atoms with Crippen molar-refractivity contribution in [2.75, 3.05) is 13.9 Å². The summed E-state index contributed by atoms with van der Waals surface area (Å²) in [6.45, 7) is 2.59. The summed E-state index contributed by atoms with van der Waals surface area (Å²) in [7, 11) is 1.61. The Bertz CT molecular complexity index is 1130. The maximum atomic E-state index is 13.3. The van der Waals surface area contributed by atoms with Crippen LogP contribution in [0.4, 0.5) is 0 Å². The summed E-state index contributed by atoms with van der Waals surface area (Å²) in [5.41, 5.74) is 2.71. The van der Waals surface area contributed by atoms with E-state index in [0.29, 0.717) is 24.6 Å². The first-order chi connectivity index (χ1) is 16.5. The minimum atomic E-state index is -0.660. The minimum absolute atomic E-state index is 0.118. The molecule has 7 heteroatoms. The number of nitrogens with zero attached hydrogens (tertiary/aromatic N) is 1. The van der Waals surface area contributed by atoms with Crippen molar-refractivity contribution >= 4 is 11.8 Å². The van der Waals surface area contributed by atoms with Crippen LogP contribution in [0, 0.1) is 0 Å². The molecule has 1 aliphatic heterocycles. The summed E-state index contributed by atoms with van der Waals surface area (Å²) < 4.78 is 16.0. The normalized spacial score (nSPS) is 12.6. The lowest BCUT2D eigenvalue weighted by Crippen LogP contribution is -2.47. The monoisotopic (exact) mass is 460 g/mol. The highest BCUT2D eigenvalue weighted by molar-refractivity contribution is 5.88. The van der Waals surface area contributed by atoms with Gasteiger partial charge in [0.2, 0.25) is 18.6 Å². The SMILES string of the molecule is COc1ccc(CN(C(=O)Cc2ccccc2)C(C)C(=O)NCc2ccc3c(c2)OCO3)cc1. The molecule has 4 rings (SSSR count). The molecule has 0 aromatic heterocycles. The average Bonchev–Trinajstić information content (AvgIpc) is 3.34. The first-order valence-electron chi connectivity index (χ1n) is 11.2. The van der Waals surface area contributed by atoms with Crippen LogP contribution in [0.5, 0.6) is 17.2 Å². The zero-order valence-electron chi connectivity index (χ0n) is 19.3. The van der Waals surface area contributed by atoms with Crippen LogP contribution < -0.4 is 19.5 Å². The van der Waals surface area contributed by atoms with E-state index in [1.54, 1.807) is 18.9 Å². The van der Waals surface area contributed by atoms with Crippen molar-refractivity contribution in [1.82, 2.24) is 10.2 Å². The standard InChI is InChI=1S/C27H28N2O5/c1-19(27(31)28-16-22-10-13-24-25(14-22)34-18-33-24)29(17-21-8-11-23(32-2)12-9-21)26(30)15-20-6-4-3-5-7-20/h3-14,19H,15-18H2,1-2H3,(H,28,31). The summed E-state index contributed by atoms with van der Waals surface area (Å²) in [5.74, 6) is 1.75. The highest BCUT2D eigenvalue weighted by Gasteiger charge is 2.26. The number of carbonyl (C=O) groups excluding carboxylic acids is 2.